The number of alkyl halides is 3. The number of nitrogens with one attached hydrogen (secondary N) is 1. The number of H-pyrrole nitrogens is 1. The average Bonchev–Trinajstić information content (AvgIpc) is 3.09. The van der Waals surface area contributed by atoms with Gasteiger partial charge in [0.2, 0.25) is 5.82 Å². The molecular formula is C23H19F6NO4. The topological polar surface area (TPSA) is 60.6 Å². The molecular weight excluding hydrogens is 468 g/mol. The molecule has 2 heterocycles. The lowest BCUT2D eigenvalue weighted by molar-refractivity contribution is -0.286. The van der Waals surface area contributed by atoms with Gasteiger partial charge in [-0.25, -0.2) is 8.78 Å². The Morgan fingerprint density at radius 1 is 1.06 bits per heavy atom. The number of benzene rings is 2. The third-order valence-corrected chi connectivity index (χ3v) is 6.17. The van der Waals surface area contributed by atoms with Crippen LogP contribution in [0.3, 0.4) is 0 Å². The third-order valence-electron chi connectivity index (χ3n) is 6.17. The number of methoxy groups -OCH3 is 2. The molecule has 0 aliphatic carbocycles. The van der Waals surface area contributed by atoms with Crippen LogP contribution in [0, 0.1) is 17.5 Å². The van der Waals surface area contributed by atoms with Crippen molar-refractivity contribution in [2.45, 2.75) is 36.8 Å². The number of para-hydroxylation sites is 1. The molecule has 0 radical (unpaired) electrons. The number of ether oxygens (including phenoxy) is 3. The van der Waals surface area contributed by atoms with Crippen LogP contribution in [0.15, 0.2) is 41.2 Å². The molecule has 0 unspecified atom stereocenters. The number of aromatic amines is 1. The van der Waals surface area contributed by atoms with E-state index in [2.05, 4.69) is 4.98 Å². The zero-order valence-corrected chi connectivity index (χ0v) is 18.1. The summed E-state index contributed by atoms with van der Waals surface area (Å²) in [6.45, 7) is 0.750. The highest BCUT2D eigenvalue weighted by Crippen LogP contribution is 2.57. The summed E-state index contributed by atoms with van der Waals surface area (Å²) in [5.41, 5.74) is -4.21. The maximum absolute atomic E-state index is 14.5. The molecule has 1 aliphatic rings. The van der Waals surface area contributed by atoms with Crippen molar-refractivity contribution in [3.8, 4) is 5.75 Å². The van der Waals surface area contributed by atoms with Gasteiger partial charge in [0, 0.05) is 35.7 Å². The zero-order chi connectivity index (χ0) is 25.0. The van der Waals surface area contributed by atoms with Crippen LogP contribution in [0.5, 0.6) is 5.75 Å². The molecule has 1 saturated heterocycles. The molecule has 0 saturated carbocycles. The van der Waals surface area contributed by atoms with E-state index < -0.39 is 58.5 Å². The molecule has 4 rings (SSSR count). The summed E-state index contributed by atoms with van der Waals surface area (Å²) in [6.07, 6.45) is -8.32. The molecule has 5 nitrogen and oxygen atoms in total. The van der Waals surface area contributed by atoms with E-state index in [0.29, 0.717) is 0 Å². The molecule has 182 valence electrons. The Morgan fingerprint density at radius 2 is 1.76 bits per heavy atom. The summed E-state index contributed by atoms with van der Waals surface area (Å²) in [5.74, 6) is -5.56. The van der Waals surface area contributed by atoms with Crippen molar-refractivity contribution in [2.75, 3.05) is 14.2 Å². The first-order valence-corrected chi connectivity index (χ1v) is 10.0. The standard InChI is InChI=1S/C23H19F6NO4/c1-22(23(27,28)29)21(33-3)16(11-7-8-12(24)17(26)19(11)32-2)20(34-22)14-9-15(31)10-5-4-6-13(25)18(10)30-14/h4-9,16,20-21H,1-3H3,(H,30,31)/t16-,20-,21-,22+/m0/s1. The van der Waals surface area contributed by atoms with Crippen molar-refractivity contribution in [1.82, 2.24) is 4.98 Å². The minimum absolute atomic E-state index is 0.0226. The van der Waals surface area contributed by atoms with Gasteiger partial charge in [-0.3, -0.25) is 4.79 Å². The molecule has 2 aromatic carbocycles. The van der Waals surface area contributed by atoms with Crippen molar-refractivity contribution in [2.24, 2.45) is 0 Å². The van der Waals surface area contributed by atoms with E-state index in [-0.39, 0.29) is 22.2 Å². The van der Waals surface area contributed by atoms with E-state index in [4.69, 9.17) is 14.2 Å². The van der Waals surface area contributed by atoms with Gasteiger partial charge in [-0.15, -0.1) is 0 Å². The summed E-state index contributed by atoms with van der Waals surface area (Å²) < 4.78 is 101. The van der Waals surface area contributed by atoms with Crippen LogP contribution >= 0.6 is 0 Å². The van der Waals surface area contributed by atoms with Crippen LogP contribution in [0.25, 0.3) is 10.9 Å². The molecule has 1 fully saturated rings. The third kappa shape index (κ3) is 3.54. The normalized spacial score (nSPS) is 25.1. The van der Waals surface area contributed by atoms with E-state index in [0.717, 1.165) is 45.4 Å². The number of pyridine rings is 1. The van der Waals surface area contributed by atoms with Gasteiger partial charge >= 0.3 is 6.18 Å². The number of hydrogen-bond donors (Lipinski definition) is 1. The molecule has 0 amide bonds. The highest BCUT2D eigenvalue weighted by Gasteiger charge is 2.67. The highest BCUT2D eigenvalue weighted by molar-refractivity contribution is 5.79. The van der Waals surface area contributed by atoms with Crippen molar-refractivity contribution >= 4 is 10.9 Å². The first-order chi connectivity index (χ1) is 15.9. The highest BCUT2D eigenvalue weighted by atomic mass is 19.4. The summed E-state index contributed by atoms with van der Waals surface area (Å²) in [4.78, 5) is 15.3. The quantitative estimate of drug-likeness (QED) is 0.518. The van der Waals surface area contributed by atoms with Crippen molar-refractivity contribution in [1.29, 1.82) is 0 Å². The second kappa shape index (κ2) is 8.31. The van der Waals surface area contributed by atoms with Crippen molar-refractivity contribution in [3.63, 3.8) is 0 Å². The number of aromatic nitrogens is 1. The maximum Gasteiger partial charge on any atom is 0.419 e. The lowest BCUT2D eigenvalue weighted by atomic mass is 9.82. The largest absolute Gasteiger partial charge is 0.493 e. The van der Waals surface area contributed by atoms with Crippen LogP contribution in [-0.4, -0.2) is 37.1 Å². The second-order valence-corrected chi connectivity index (χ2v) is 8.06. The molecule has 34 heavy (non-hydrogen) atoms. The molecule has 0 spiro atoms. The van der Waals surface area contributed by atoms with E-state index in [9.17, 15) is 31.1 Å². The molecule has 3 aromatic rings. The molecule has 1 N–H and O–H groups in total. The lowest BCUT2D eigenvalue weighted by Crippen LogP contribution is -2.51. The Labute approximate surface area is 189 Å². The smallest absolute Gasteiger partial charge is 0.419 e. The van der Waals surface area contributed by atoms with Gasteiger partial charge in [0.15, 0.2) is 22.6 Å². The summed E-state index contributed by atoms with van der Waals surface area (Å²) >= 11 is 0. The fourth-order valence-corrected chi connectivity index (χ4v) is 4.51. The van der Waals surface area contributed by atoms with Gasteiger partial charge in [0.25, 0.3) is 0 Å². The van der Waals surface area contributed by atoms with Gasteiger partial charge in [0.1, 0.15) is 18.0 Å². The van der Waals surface area contributed by atoms with E-state index >= 15 is 0 Å². The Balaban J connectivity index is 2.01. The van der Waals surface area contributed by atoms with Crippen molar-refractivity contribution in [3.05, 3.63) is 75.3 Å². The molecule has 0 bridgehead atoms. The second-order valence-electron chi connectivity index (χ2n) is 8.06. The van der Waals surface area contributed by atoms with Gasteiger partial charge in [0.05, 0.1) is 12.6 Å². The summed E-state index contributed by atoms with van der Waals surface area (Å²) in [6, 6.07) is 6.53. The van der Waals surface area contributed by atoms with Crippen LogP contribution in [-0.2, 0) is 9.47 Å². The number of halogens is 6. The monoisotopic (exact) mass is 487 g/mol. The van der Waals surface area contributed by atoms with Crippen LogP contribution in [0.2, 0.25) is 0 Å². The molecule has 11 heteroatoms. The Morgan fingerprint density at radius 3 is 2.38 bits per heavy atom. The van der Waals surface area contributed by atoms with Gasteiger partial charge in [-0.1, -0.05) is 12.1 Å². The van der Waals surface area contributed by atoms with Crippen LogP contribution in [0.4, 0.5) is 26.3 Å². The predicted molar refractivity (Wildman–Crippen MR) is 109 cm³/mol. The predicted octanol–water partition coefficient (Wildman–Crippen LogP) is 5.15. The first kappa shape index (κ1) is 24.1. The average molecular weight is 487 g/mol. The number of hydrogen-bond acceptors (Lipinski definition) is 4. The first-order valence-electron chi connectivity index (χ1n) is 10.0. The zero-order valence-electron chi connectivity index (χ0n) is 18.1. The molecule has 1 aliphatic heterocycles. The minimum atomic E-state index is -4.96. The van der Waals surface area contributed by atoms with Crippen LogP contribution in [0.1, 0.15) is 30.2 Å². The van der Waals surface area contributed by atoms with Crippen molar-refractivity contribution < 1.29 is 40.6 Å². The SMILES string of the molecule is COc1c([C@H]2[C@H](c3cc(=O)c4cccc(F)c4[nH]3)O[C@@](C)(C(F)(F)F)[C@H]2OC)ccc(F)c1F. The fraction of sp³-hybridized carbons (Fsp3) is 0.348. The van der Waals surface area contributed by atoms with Gasteiger partial charge in [-0.05, 0) is 25.1 Å². The maximum atomic E-state index is 14.5. The lowest BCUT2D eigenvalue weighted by Gasteiger charge is -2.33. The van der Waals surface area contributed by atoms with E-state index in [1.165, 1.54) is 12.1 Å². The summed E-state index contributed by atoms with van der Waals surface area (Å²) in [5, 5.41) is -0.0226. The molecule has 1 aromatic heterocycles. The number of fused-ring (bicyclic) bond motifs is 1. The van der Waals surface area contributed by atoms with E-state index in [1.54, 1.807) is 0 Å². The Hall–Kier alpha value is -3.05. The van der Waals surface area contributed by atoms with Gasteiger partial charge < -0.3 is 19.2 Å². The Bertz CT molecular complexity index is 1310. The van der Waals surface area contributed by atoms with Crippen LogP contribution < -0.4 is 10.2 Å². The Kier molecular flexibility index (Phi) is 5.89. The van der Waals surface area contributed by atoms with Gasteiger partial charge in [-0.2, -0.15) is 17.6 Å². The molecule has 4 atom stereocenters. The van der Waals surface area contributed by atoms with E-state index in [1.807, 2.05) is 0 Å². The summed E-state index contributed by atoms with van der Waals surface area (Å²) in [7, 11) is 2.05. The minimum Gasteiger partial charge on any atom is -0.493 e. The number of rotatable bonds is 4. The fourth-order valence-electron chi connectivity index (χ4n) is 4.51.